The molecule has 1 aliphatic heterocycles. The number of nitrogens with one attached hydrogen (secondary N) is 1. The largest absolute Gasteiger partial charge is 0.418 e. The summed E-state index contributed by atoms with van der Waals surface area (Å²) in [5, 5.41) is 2.59. The number of nitrogens with zero attached hydrogens (tertiary/aromatic N) is 1. The van der Waals surface area contributed by atoms with Crippen molar-refractivity contribution >= 4 is 5.91 Å². The van der Waals surface area contributed by atoms with Gasteiger partial charge in [-0.2, -0.15) is 26.3 Å². The Hall–Kier alpha value is -2.62. The molecule has 1 aromatic heterocycles. The zero-order valence-electron chi connectivity index (χ0n) is 13.5. The third-order valence-electron chi connectivity index (χ3n) is 4.40. The van der Waals surface area contributed by atoms with E-state index in [0.29, 0.717) is 11.6 Å². The van der Waals surface area contributed by atoms with Gasteiger partial charge in [-0.25, -0.2) is 0 Å². The van der Waals surface area contributed by atoms with Gasteiger partial charge in [0, 0.05) is 24.3 Å². The molecule has 0 spiro atoms. The number of rotatable bonds is 3. The third kappa shape index (κ3) is 3.61. The molecular formula is C17H13F6N3O. The highest BCUT2D eigenvalue weighted by molar-refractivity contribution is 5.93. The van der Waals surface area contributed by atoms with E-state index in [1.165, 1.54) is 18.2 Å². The number of fused-ring (bicyclic) bond motifs is 1. The van der Waals surface area contributed by atoms with Crippen molar-refractivity contribution in [1.29, 1.82) is 0 Å². The van der Waals surface area contributed by atoms with Gasteiger partial charge in [0.05, 0.1) is 11.3 Å². The lowest BCUT2D eigenvalue weighted by atomic mass is 9.87. The topological polar surface area (TPSA) is 68.0 Å². The Labute approximate surface area is 149 Å². The van der Waals surface area contributed by atoms with E-state index in [2.05, 4.69) is 10.3 Å². The molecule has 144 valence electrons. The van der Waals surface area contributed by atoms with E-state index in [-0.39, 0.29) is 17.7 Å². The molecule has 3 rings (SSSR count). The Balaban J connectivity index is 2.13. The number of hydrogen-bond acceptors (Lipinski definition) is 3. The number of hydrogen-bond donors (Lipinski definition) is 2. The van der Waals surface area contributed by atoms with Crippen molar-refractivity contribution in [1.82, 2.24) is 10.3 Å². The quantitative estimate of drug-likeness (QED) is 0.787. The summed E-state index contributed by atoms with van der Waals surface area (Å²) in [6.07, 6.45) is -9.07. The second-order valence-corrected chi connectivity index (χ2v) is 6.09. The number of aromatic nitrogens is 1. The summed E-state index contributed by atoms with van der Waals surface area (Å²) >= 11 is 0. The number of carbonyl (C=O) groups excluding carboxylic acids is 1. The van der Waals surface area contributed by atoms with Crippen LogP contribution in [0.4, 0.5) is 26.3 Å². The lowest BCUT2D eigenvalue weighted by Gasteiger charge is -2.28. The van der Waals surface area contributed by atoms with Gasteiger partial charge in [0.25, 0.3) is 0 Å². The first-order valence-electron chi connectivity index (χ1n) is 7.75. The van der Waals surface area contributed by atoms with Crippen molar-refractivity contribution in [3.05, 3.63) is 64.5 Å². The number of halogens is 6. The second-order valence-electron chi connectivity index (χ2n) is 6.09. The summed E-state index contributed by atoms with van der Waals surface area (Å²) in [6.45, 7) is -0.0398. The summed E-state index contributed by atoms with van der Waals surface area (Å²) in [7, 11) is 0. The number of amides is 1. The van der Waals surface area contributed by atoms with Gasteiger partial charge in [-0.3, -0.25) is 9.78 Å². The minimum Gasteiger partial charge on any atom is -0.366 e. The molecule has 27 heavy (non-hydrogen) atoms. The number of benzene rings is 1. The van der Waals surface area contributed by atoms with Crippen LogP contribution in [0.2, 0.25) is 0 Å². The number of pyridine rings is 1. The fourth-order valence-corrected chi connectivity index (χ4v) is 3.25. The average molecular weight is 389 g/mol. The van der Waals surface area contributed by atoms with Crippen LogP contribution in [0.3, 0.4) is 0 Å². The molecule has 0 saturated heterocycles. The van der Waals surface area contributed by atoms with Crippen LogP contribution in [-0.4, -0.2) is 17.1 Å². The summed E-state index contributed by atoms with van der Waals surface area (Å²) in [5.41, 5.74) is 3.26. The maximum atomic E-state index is 13.8. The van der Waals surface area contributed by atoms with Crippen molar-refractivity contribution in [2.75, 3.05) is 0 Å². The molecular weight excluding hydrogens is 376 g/mol. The molecule has 0 fully saturated rings. The van der Waals surface area contributed by atoms with E-state index >= 15 is 0 Å². The van der Waals surface area contributed by atoms with Gasteiger partial charge in [-0.05, 0) is 35.4 Å². The van der Waals surface area contributed by atoms with Gasteiger partial charge in [0.2, 0.25) is 5.91 Å². The molecule has 1 aromatic carbocycles. The molecule has 1 aliphatic rings. The maximum Gasteiger partial charge on any atom is 0.418 e. The van der Waals surface area contributed by atoms with Crippen LogP contribution in [0.1, 0.15) is 44.7 Å². The lowest BCUT2D eigenvalue weighted by Crippen LogP contribution is -2.34. The summed E-state index contributed by atoms with van der Waals surface area (Å²) < 4.78 is 81.1. The van der Waals surface area contributed by atoms with Gasteiger partial charge in [0.15, 0.2) is 0 Å². The number of alkyl halides is 6. The Morgan fingerprint density at radius 2 is 1.89 bits per heavy atom. The molecule has 0 bridgehead atoms. The van der Waals surface area contributed by atoms with Crippen LogP contribution in [0.25, 0.3) is 0 Å². The fraction of sp³-hybridized carbons (Fsp3) is 0.294. The van der Waals surface area contributed by atoms with Crippen molar-refractivity contribution in [2.45, 2.75) is 30.9 Å². The van der Waals surface area contributed by atoms with E-state index < -0.39 is 41.5 Å². The van der Waals surface area contributed by atoms with E-state index in [9.17, 15) is 31.1 Å². The Morgan fingerprint density at radius 3 is 2.48 bits per heavy atom. The molecule has 0 aliphatic carbocycles. The van der Waals surface area contributed by atoms with E-state index in [1.54, 1.807) is 0 Å². The molecule has 10 heteroatoms. The van der Waals surface area contributed by atoms with E-state index in [1.807, 2.05) is 0 Å². The van der Waals surface area contributed by atoms with Gasteiger partial charge in [-0.15, -0.1) is 0 Å². The first-order valence-corrected chi connectivity index (χ1v) is 7.75. The first kappa shape index (κ1) is 19.2. The summed E-state index contributed by atoms with van der Waals surface area (Å²) in [4.78, 5) is 14.7. The van der Waals surface area contributed by atoms with Crippen molar-refractivity contribution < 1.29 is 31.1 Å². The summed E-state index contributed by atoms with van der Waals surface area (Å²) in [5.74, 6) is -3.27. The van der Waals surface area contributed by atoms with Crippen molar-refractivity contribution in [2.24, 2.45) is 5.73 Å². The van der Waals surface area contributed by atoms with Gasteiger partial charge >= 0.3 is 12.4 Å². The highest BCUT2D eigenvalue weighted by atomic mass is 19.4. The van der Waals surface area contributed by atoms with Gasteiger partial charge < -0.3 is 11.1 Å². The molecule has 1 amide bonds. The minimum absolute atomic E-state index is 0.0398. The number of nitrogens with two attached hydrogens (primary N) is 1. The second kappa shape index (κ2) is 6.52. The smallest absolute Gasteiger partial charge is 0.366 e. The fourth-order valence-electron chi connectivity index (χ4n) is 3.25. The predicted molar refractivity (Wildman–Crippen MR) is 82.6 cm³/mol. The SMILES string of the molecule is NC(=O)c1ccc2c(c1)CNC2[C@H](c1ncccc1C(F)(F)F)C(F)(F)F. The standard InChI is InChI=1S/C17H13F6N3O/c18-16(19,20)11-2-1-5-25-14(11)12(17(21,22)23)13-10-4-3-8(15(24)27)6-9(10)7-26-13/h1-6,12-13,26H,7H2,(H2,24,27)/t12-,13?/m1/s1. The third-order valence-corrected chi connectivity index (χ3v) is 4.40. The highest BCUT2D eigenvalue weighted by Gasteiger charge is 2.52. The average Bonchev–Trinajstić information content (AvgIpc) is 2.96. The van der Waals surface area contributed by atoms with Crippen molar-refractivity contribution in [3.8, 4) is 0 Å². The van der Waals surface area contributed by atoms with Crippen LogP contribution in [0.15, 0.2) is 36.5 Å². The normalized spacial score (nSPS) is 18.2. The zero-order chi connectivity index (χ0) is 20.0. The molecule has 0 saturated carbocycles. The first-order chi connectivity index (χ1) is 12.5. The minimum atomic E-state index is -4.99. The van der Waals surface area contributed by atoms with Crippen molar-refractivity contribution in [3.63, 3.8) is 0 Å². The van der Waals surface area contributed by atoms with Crippen LogP contribution in [0, 0.1) is 0 Å². The van der Waals surface area contributed by atoms with Gasteiger partial charge in [0.1, 0.15) is 5.92 Å². The Bertz CT molecular complexity index is 878. The molecule has 2 aromatic rings. The van der Waals surface area contributed by atoms with Crippen LogP contribution in [-0.2, 0) is 12.7 Å². The summed E-state index contributed by atoms with van der Waals surface area (Å²) in [6, 6.07) is 3.90. The van der Waals surface area contributed by atoms with Crippen LogP contribution in [0.5, 0.6) is 0 Å². The van der Waals surface area contributed by atoms with Gasteiger partial charge in [-0.1, -0.05) is 6.07 Å². The van der Waals surface area contributed by atoms with E-state index in [4.69, 9.17) is 5.73 Å². The lowest BCUT2D eigenvalue weighted by molar-refractivity contribution is -0.163. The molecule has 2 atom stereocenters. The van der Waals surface area contributed by atoms with Crippen LogP contribution < -0.4 is 11.1 Å². The number of carbonyl (C=O) groups is 1. The Morgan fingerprint density at radius 1 is 1.19 bits per heavy atom. The molecule has 4 nitrogen and oxygen atoms in total. The maximum absolute atomic E-state index is 13.8. The molecule has 2 heterocycles. The van der Waals surface area contributed by atoms with Crippen LogP contribution >= 0.6 is 0 Å². The molecule has 3 N–H and O–H groups in total. The predicted octanol–water partition coefficient (Wildman–Crippen LogP) is 3.69. The molecule has 0 radical (unpaired) electrons. The highest BCUT2D eigenvalue weighted by Crippen LogP contribution is 2.48. The monoisotopic (exact) mass is 389 g/mol. The van der Waals surface area contributed by atoms with E-state index in [0.717, 1.165) is 12.3 Å². The zero-order valence-corrected chi connectivity index (χ0v) is 13.5. The molecule has 1 unspecified atom stereocenters. The number of primary amides is 1. The Kier molecular flexibility index (Phi) is 4.62.